The SMILES string of the molecule is C=CCn1nc2c(c1CO)C(C(C)(C)C)=NCC2. The fourth-order valence-corrected chi connectivity index (χ4v) is 2.40. The molecule has 0 spiro atoms. The van der Waals surface area contributed by atoms with Crippen LogP contribution in [0.1, 0.15) is 37.7 Å². The predicted molar refractivity (Wildman–Crippen MR) is 72.9 cm³/mol. The first kappa shape index (κ1) is 13.0. The van der Waals surface area contributed by atoms with Crippen LogP contribution in [0.15, 0.2) is 17.6 Å². The van der Waals surface area contributed by atoms with E-state index in [0.29, 0.717) is 6.54 Å². The van der Waals surface area contributed by atoms with Crippen molar-refractivity contribution < 1.29 is 5.11 Å². The van der Waals surface area contributed by atoms with Crippen LogP contribution < -0.4 is 0 Å². The molecule has 0 bridgehead atoms. The third kappa shape index (κ3) is 2.12. The van der Waals surface area contributed by atoms with Gasteiger partial charge in [0.2, 0.25) is 0 Å². The van der Waals surface area contributed by atoms with Crippen LogP contribution >= 0.6 is 0 Å². The predicted octanol–water partition coefficient (Wildman–Crippen LogP) is 1.95. The number of aliphatic hydroxyl groups is 1. The van der Waals surface area contributed by atoms with Crippen molar-refractivity contribution in [2.75, 3.05) is 6.54 Å². The fourth-order valence-electron chi connectivity index (χ4n) is 2.40. The van der Waals surface area contributed by atoms with Crippen molar-refractivity contribution in [1.29, 1.82) is 0 Å². The fraction of sp³-hybridized carbons (Fsp3) is 0.571. The highest BCUT2D eigenvalue weighted by Gasteiger charge is 2.30. The summed E-state index contributed by atoms with van der Waals surface area (Å²) in [6.45, 7) is 11.6. The lowest BCUT2D eigenvalue weighted by Gasteiger charge is -2.25. The van der Waals surface area contributed by atoms with Gasteiger partial charge in [0.15, 0.2) is 0 Å². The Bertz CT molecular complexity index is 492. The highest BCUT2D eigenvalue weighted by molar-refractivity contribution is 6.06. The molecule has 0 aromatic carbocycles. The second-order valence-electron chi connectivity index (χ2n) is 5.63. The Morgan fingerprint density at radius 1 is 1.44 bits per heavy atom. The van der Waals surface area contributed by atoms with E-state index in [0.717, 1.165) is 35.6 Å². The molecule has 0 unspecified atom stereocenters. The molecule has 1 aliphatic rings. The van der Waals surface area contributed by atoms with Crippen molar-refractivity contribution in [3.05, 3.63) is 29.6 Å². The van der Waals surface area contributed by atoms with Gasteiger partial charge >= 0.3 is 0 Å². The normalized spacial score (nSPS) is 15.2. The zero-order valence-electron chi connectivity index (χ0n) is 11.4. The van der Waals surface area contributed by atoms with Gasteiger partial charge in [-0.3, -0.25) is 9.67 Å². The second kappa shape index (κ2) is 4.69. The molecule has 1 aliphatic heterocycles. The van der Waals surface area contributed by atoms with Crippen molar-refractivity contribution in [2.45, 2.75) is 40.3 Å². The largest absolute Gasteiger partial charge is 0.390 e. The Kier molecular flexibility index (Phi) is 3.39. The third-order valence-corrected chi connectivity index (χ3v) is 3.15. The lowest BCUT2D eigenvalue weighted by atomic mass is 9.83. The minimum atomic E-state index is -0.0267. The number of hydrogen-bond donors (Lipinski definition) is 1. The highest BCUT2D eigenvalue weighted by atomic mass is 16.3. The van der Waals surface area contributed by atoms with Gasteiger partial charge in [0.25, 0.3) is 0 Å². The minimum Gasteiger partial charge on any atom is -0.390 e. The summed E-state index contributed by atoms with van der Waals surface area (Å²) in [5.41, 5.74) is 4.00. The molecule has 0 aliphatic carbocycles. The molecule has 0 radical (unpaired) electrons. The average Bonchev–Trinajstić information content (AvgIpc) is 2.65. The Hall–Kier alpha value is -1.42. The van der Waals surface area contributed by atoms with Crippen LogP contribution in [0.2, 0.25) is 0 Å². The standard InChI is InChI=1S/C14H21N3O/c1-5-8-17-11(9-18)12-10(16-17)6-7-15-13(12)14(2,3)4/h5,18H,1,6-9H2,2-4H3. The number of hydrogen-bond acceptors (Lipinski definition) is 3. The van der Waals surface area contributed by atoms with E-state index in [4.69, 9.17) is 0 Å². The van der Waals surface area contributed by atoms with E-state index in [-0.39, 0.29) is 12.0 Å². The summed E-state index contributed by atoms with van der Waals surface area (Å²) in [5.74, 6) is 0. The smallest absolute Gasteiger partial charge is 0.0856 e. The van der Waals surface area contributed by atoms with E-state index in [1.807, 2.05) is 4.68 Å². The zero-order chi connectivity index (χ0) is 13.3. The number of aliphatic imine (C=N–C) groups is 1. The van der Waals surface area contributed by atoms with Gasteiger partial charge in [-0.2, -0.15) is 5.10 Å². The van der Waals surface area contributed by atoms with Gasteiger partial charge in [-0.1, -0.05) is 26.8 Å². The molecule has 4 nitrogen and oxygen atoms in total. The lowest BCUT2D eigenvalue weighted by Crippen LogP contribution is -2.27. The van der Waals surface area contributed by atoms with Gasteiger partial charge < -0.3 is 5.11 Å². The van der Waals surface area contributed by atoms with Crippen molar-refractivity contribution in [3.63, 3.8) is 0 Å². The summed E-state index contributed by atoms with van der Waals surface area (Å²) in [4.78, 5) is 4.65. The van der Waals surface area contributed by atoms with Crippen molar-refractivity contribution in [1.82, 2.24) is 9.78 Å². The maximum Gasteiger partial charge on any atom is 0.0856 e. The first-order valence-corrected chi connectivity index (χ1v) is 6.34. The number of allylic oxidation sites excluding steroid dienone is 1. The average molecular weight is 247 g/mol. The number of fused-ring (bicyclic) bond motifs is 1. The van der Waals surface area contributed by atoms with E-state index in [9.17, 15) is 5.11 Å². The topological polar surface area (TPSA) is 50.4 Å². The summed E-state index contributed by atoms with van der Waals surface area (Å²) >= 11 is 0. The van der Waals surface area contributed by atoms with E-state index in [2.05, 4.69) is 37.4 Å². The van der Waals surface area contributed by atoms with Gasteiger partial charge in [0, 0.05) is 23.9 Å². The monoisotopic (exact) mass is 247 g/mol. The molecule has 1 aromatic heterocycles. The summed E-state index contributed by atoms with van der Waals surface area (Å²) in [5, 5.41) is 14.2. The van der Waals surface area contributed by atoms with Crippen LogP contribution in [0, 0.1) is 5.41 Å². The molecule has 2 heterocycles. The van der Waals surface area contributed by atoms with E-state index in [1.165, 1.54) is 0 Å². The molecule has 0 saturated carbocycles. The van der Waals surface area contributed by atoms with Crippen LogP contribution in [0.3, 0.4) is 0 Å². The van der Waals surface area contributed by atoms with Gasteiger partial charge in [0.05, 0.1) is 30.3 Å². The van der Waals surface area contributed by atoms with Gasteiger partial charge in [-0.25, -0.2) is 0 Å². The molecular formula is C14H21N3O. The molecule has 1 aromatic rings. The highest BCUT2D eigenvalue weighted by Crippen LogP contribution is 2.29. The van der Waals surface area contributed by atoms with E-state index < -0.39 is 0 Å². The molecule has 0 fully saturated rings. The summed E-state index contributed by atoms with van der Waals surface area (Å²) in [6, 6.07) is 0. The maximum absolute atomic E-state index is 9.62. The molecule has 98 valence electrons. The molecule has 0 saturated heterocycles. The quantitative estimate of drug-likeness (QED) is 0.830. The molecule has 2 rings (SSSR count). The van der Waals surface area contributed by atoms with Gasteiger partial charge in [-0.05, 0) is 0 Å². The summed E-state index contributed by atoms with van der Waals surface area (Å²) < 4.78 is 1.84. The minimum absolute atomic E-state index is 0.00866. The van der Waals surface area contributed by atoms with E-state index in [1.54, 1.807) is 6.08 Å². The lowest BCUT2D eigenvalue weighted by molar-refractivity contribution is 0.269. The van der Waals surface area contributed by atoms with Crippen LogP contribution in [0.4, 0.5) is 0 Å². The first-order chi connectivity index (χ1) is 8.49. The first-order valence-electron chi connectivity index (χ1n) is 6.34. The Morgan fingerprint density at radius 2 is 2.17 bits per heavy atom. The molecule has 0 amide bonds. The number of rotatable bonds is 3. The van der Waals surface area contributed by atoms with Crippen LogP contribution in [-0.4, -0.2) is 27.1 Å². The molecule has 0 atom stereocenters. The Labute approximate surface area is 108 Å². The summed E-state index contributed by atoms with van der Waals surface area (Å²) in [7, 11) is 0. The van der Waals surface area contributed by atoms with Crippen molar-refractivity contribution in [2.24, 2.45) is 10.4 Å². The Morgan fingerprint density at radius 3 is 2.72 bits per heavy atom. The molecule has 1 N–H and O–H groups in total. The van der Waals surface area contributed by atoms with Crippen molar-refractivity contribution in [3.8, 4) is 0 Å². The van der Waals surface area contributed by atoms with Crippen LogP contribution in [0.5, 0.6) is 0 Å². The Balaban J connectivity index is 2.57. The molecule has 18 heavy (non-hydrogen) atoms. The number of aromatic nitrogens is 2. The molecule has 4 heteroatoms. The van der Waals surface area contributed by atoms with Gasteiger partial charge in [-0.15, -0.1) is 6.58 Å². The van der Waals surface area contributed by atoms with Crippen LogP contribution in [0.25, 0.3) is 0 Å². The summed E-state index contributed by atoms with van der Waals surface area (Å²) in [6.07, 6.45) is 2.65. The maximum atomic E-state index is 9.62. The van der Waals surface area contributed by atoms with Crippen LogP contribution in [-0.2, 0) is 19.6 Å². The van der Waals surface area contributed by atoms with E-state index >= 15 is 0 Å². The number of aliphatic hydroxyl groups excluding tert-OH is 1. The van der Waals surface area contributed by atoms with Crippen molar-refractivity contribution >= 4 is 5.71 Å². The van der Waals surface area contributed by atoms with Gasteiger partial charge in [0.1, 0.15) is 0 Å². The zero-order valence-corrected chi connectivity index (χ0v) is 11.4. The number of nitrogens with zero attached hydrogens (tertiary/aromatic N) is 3. The second-order valence-corrected chi connectivity index (χ2v) is 5.63. The molecular weight excluding hydrogens is 226 g/mol. The third-order valence-electron chi connectivity index (χ3n) is 3.15.